The second-order valence-corrected chi connectivity index (χ2v) is 12.1. The van der Waals surface area contributed by atoms with E-state index in [0.717, 1.165) is 36.9 Å². The van der Waals surface area contributed by atoms with Crippen LogP contribution >= 0.6 is 0 Å². The van der Waals surface area contributed by atoms with E-state index in [0.29, 0.717) is 12.0 Å². The second kappa shape index (κ2) is 17.3. The van der Waals surface area contributed by atoms with Crippen molar-refractivity contribution in [3.8, 4) is 0 Å². The van der Waals surface area contributed by atoms with Crippen molar-refractivity contribution >= 4 is 29.5 Å². The molecule has 3 atom stereocenters. The van der Waals surface area contributed by atoms with Gasteiger partial charge >= 0.3 is 11.9 Å². The maximum absolute atomic E-state index is 13.4. The van der Waals surface area contributed by atoms with Gasteiger partial charge in [-0.25, -0.2) is 14.6 Å². The number of carbonyl (C=O) groups excluding carboxylic acids is 5. The lowest BCUT2D eigenvalue weighted by molar-refractivity contribution is -0.162. The number of hydrogen-bond acceptors (Lipinski definition) is 8. The molecule has 0 aliphatic heterocycles. The molecule has 10 nitrogen and oxygen atoms in total. The molecule has 0 fully saturated rings. The first-order chi connectivity index (χ1) is 20.7. The van der Waals surface area contributed by atoms with Crippen molar-refractivity contribution in [3.63, 3.8) is 0 Å². The molecule has 2 aromatic rings. The molecule has 0 heterocycles. The van der Waals surface area contributed by atoms with Gasteiger partial charge in [0.2, 0.25) is 11.8 Å². The van der Waals surface area contributed by atoms with Crippen LogP contribution in [0, 0.1) is 5.92 Å². The van der Waals surface area contributed by atoms with Gasteiger partial charge in [0.1, 0.15) is 11.4 Å². The first-order valence-corrected chi connectivity index (χ1v) is 15.0. The third-order valence-corrected chi connectivity index (χ3v) is 7.06. The summed E-state index contributed by atoms with van der Waals surface area (Å²) in [6.07, 6.45) is 3.20. The molecule has 2 aromatic carbocycles. The number of aryl methyl sites for hydroxylation is 1. The Morgan fingerprint density at radius 3 is 2.20 bits per heavy atom. The Kier molecular flexibility index (Phi) is 14.2. The van der Waals surface area contributed by atoms with E-state index >= 15 is 0 Å². The highest BCUT2D eigenvalue weighted by molar-refractivity contribution is 5.92. The number of ether oxygens (including phenoxy) is 2. The molecule has 0 saturated carbocycles. The van der Waals surface area contributed by atoms with E-state index in [-0.39, 0.29) is 25.0 Å². The van der Waals surface area contributed by atoms with Crippen LogP contribution in [0.4, 0.5) is 0 Å². The smallest absolute Gasteiger partial charge is 0.338 e. The lowest BCUT2D eigenvalue weighted by Gasteiger charge is -2.33. The number of hydrogen-bond donors (Lipinski definition) is 2. The Hall–Kier alpha value is -4.05. The maximum Gasteiger partial charge on any atom is 0.338 e. The lowest BCUT2D eigenvalue weighted by Crippen LogP contribution is -2.58. The van der Waals surface area contributed by atoms with E-state index in [4.69, 9.17) is 15.2 Å². The predicted molar refractivity (Wildman–Crippen MR) is 167 cm³/mol. The Morgan fingerprint density at radius 2 is 1.59 bits per heavy atom. The number of amides is 2. The summed E-state index contributed by atoms with van der Waals surface area (Å²) >= 11 is 0. The summed E-state index contributed by atoms with van der Waals surface area (Å²) < 4.78 is 10.3. The molecule has 2 rings (SSSR count). The normalized spacial score (nSPS) is 13.2. The fourth-order valence-corrected chi connectivity index (χ4v) is 4.67. The molecule has 2 amide bonds. The number of nitrogens with one attached hydrogen (secondary N) is 1. The highest BCUT2D eigenvalue weighted by atomic mass is 16.6. The Bertz CT molecular complexity index is 1270. The van der Waals surface area contributed by atoms with Crippen molar-refractivity contribution in [2.45, 2.75) is 97.2 Å². The van der Waals surface area contributed by atoms with Gasteiger partial charge in [-0.15, -0.1) is 0 Å². The number of carbonyl (C=O) groups is 5. The standard InChI is InChI=1S/C34H47N3O7/c1-23(24(2)38)31(33(42)43-6)37(30(40)19-12-8-11-16-25-14-9-7-10-15-25)36-29(39)22-28(35)21-26-17-13-18-27(20-26)32(41)44-34(3,4)5/h7,9-10,13-15,17-18,20,23,28,31H,8,11-12,16,19,21-22,35H2,1-6H3,(H,36,39)/t23-,28?,31-/m0/s1. The molecule has 0 saturated heterocycles. The van der Waals surface area contributed by atoms with Crippen LogP contribution < -0.4 is 11.2 Å². The lowest BCUT2D eigenvalue weighted by atomic mass is 9.96. The van der Waals surface area contributed by atoms with Gasteiger partial charge in [-0.05, 0) is 76.6 Å². The summed E-state index contributed by atoms with van der Waals surface area (Å²) in [4.78, 5) is 64.0. The van der Waals surface area contributed by atoms with Crippen molar-refractivity contribution in [2.75, 3.05) is 7.11 Å². The van der Waals surface area contributed by atoms with Crippen molar-refractivity contribution in [1.82, 2.24) is 10.4 Å². The maximum atomic E-state index is 13.4. The Morgan fingerprint density at radius 1 is 0.932 bits per heavy atom. The van der Waals surface area contributed by atoms with Crippen LogP contribution in [0.3, 0.4) is 0 Å². The zero-order valence-corrected chi connectivity index (χ0v) is 26.8. The van der Waals surface area contributed by atoms with E-state index in [1.165, 1.54) is 19.4 Å². The van der Waals surface area contributed by atoms with Gasteiger partial charge in [0.05, 0.1) is 12.7 Å². The van der Waals surface area contributed by atoms with Crippen LogP contribution in [-0.2, 0) is 41.5 Å². The predicted octanol–water partition coefficient (Wildman–Crippen LogP) is 4.33. The van der Waals surface area contributed by atoms with Crippen LogP contribution in [0.25, 0.3) is 0 Å². The highest BCUT2D eigenvalue weighted by Gasteiger charge is 2.38. The van der Waals surface area contributed by atoms with Crippen molar-refractivity contribution in [3.05, 3.63) is 71.3 Å². The monoisotopic (exact) mass is 609 g/mol. The Labute approximate surface area is 260 Å². The summed E-state index contributed by atoms with van der Waals surface area (Å²) in [6, 6.07) is 14.8. The molecular weight excluding hydrogens is 562 g/mol. The second-order valence-electron chi connectivity index (χ2n) is 12.1. The number of rotatable bonds is 15. The summed E-state index contributed by atoms with van der Waals surface area (Å²) in [5.41, 5.74) is 10.5. The number of esters is 2. The van der Waals surface area contributed by atoms with Gasteiger partial charge in [0.25, 0.3) is 0 Å². The van der Waals surface area contributed by atoms with Crippen LogP contribution in [0.1, 0.15) is 88.2 Å². The summed E-state index contributed by atoms with van der Waals surface area (Å²) in [5.74, 6) is -3.63. The van der Waals surface area contributed by atoms with Crippen LogP contribution in [0.2, 0.25) is 0 Å². The van der Waals surface area contributed by atoms with Gasteiger partial charge in [-0.2, -0.15) is 0 Å². The van der Waals surface area contributed by atoms with Crippen LogP contribution in [-0.4, -0.2) is 59.3 Å². The molecule has 0 bridgehead atoms. The largest absolute Gasteiger partial charge is 0.467 e. The minimum atomic E-state index is -1.33. The number of ketones is 1. The van der Waals surface area contributed by atoms with Gasteiger partial charge in [-0.1, -0.05) is 55.8 Å². The number of benzene rings is 2. The van der Waals surface area contributed by atoms with Gasteiger partial charge in [0.15, 0.2) is 6.04 Å². The molecule has 0 aliphatic rings. The summed E-state index contributed by atoms with van der Waals surface area (Å²) in [7, 11) is 1.16. The SMILES string of the molecule is COC(=O)[C@H]([C@@H](C)C(C)=O)N(NC(=O)CC(N)Cc1cccc(C(=O)OC(C)(C)C)c1)C(=O)CCCCCc1ccccc1. The van der Waals surface area contributed by atoms with Crippen molar-refractivity contribution < 1.29 is 33.4 Å². The molecule has 10 heteroatoms. The number of nitrogens with two attached hydrogens (primary N) is 1. The number of hydrazine groups is 1. The quantitative estimate of drug-likeness (QED) is 0.172. The summed E-state index contributed by atoms with van der Waals surface area (Å²) in [5, 5.41) is 0.938. The molecule has 0 aliphatic carbocycles. The number of Topliss-reactive ketones (excluding diaryl/α,β-unsaturated/α-hetero) is 1. The number of nitrogens with zero attached hydrogens (tertiary/aromatic N) is 1. The minimum Gasteiger partial charge on any atom is -0.467 e. The summed E-state index contributed by atoms with van der Waals surface area (Å²) in [6.45, 7) is 8.18. The number of unbranched alkanes of at least 4 members (excludes halogenated alkanes) is 2. The average molecular weight is 610 g/mol. The first kappa shape index (κ1) is 36.1. The van der Waals surface area contributed by atoms with Crippen molar-refractivity contribution in [1.29, 1.82) is 0 Å². The third kappa shape index (κ3) is 12.3. The van der Waals surface area contributed by atoms with E-state index in [9.17, 15) is 24.0 Å². The average Bonchev–Trinajstić information content (AvgIpc) is 2.95. The number of methoxy groups -OCH3 is 1. The molecule has 44 heavy (non-hydrogen) atoms. The van der Waals surface area contributed by atoms with Gasteiger partial charge in [-0.3, -0.25) is 19.8 Å². The molecule has 1 unspecified atom stereocenters. The molecule has 240 valence electrons. The topological polar surface area (TPSA) is 145 Å². The van der Waals surface area contributed by atoms with E-state index in [1.54, 1.807) is 45.0 Å². The molecule has 3 N–H and O–H groups in total. The van der Waals surface area contributed by atoms with Crippen molar-refractivity contribution in [2.24, 2.45) is 11.7 Å². The van der Waals surface area contributed by atoms with Gasteiger partial charge in [0, 0.05) is 24.8 Å². The van der Waals surface area contributed by atoms with E-state index in [1.807, 2.05) is 18.2 Å². The first-order valence-electron chi connectivity index (χ1n) is 15.0. The third-order valence-electron chi connectivity index (χ3n) is 7.06. The zero-order chi connectivity index (χ0) is 32.9. The Balaban J connectivity index is 2.09. The zero-order valence-electron chi connectivity index (χ0n) is 26.8. The fraction of sp³-hybridized carbons (Fsp3) is 0.500. The van der Waals surface area contributed by atoms with Gasteiger partial charge < -0.3 is 15.2 Å². The van der Waals surface area contributed by atoms with E-state index in [2.05, 4.69) is 17.6 Å². The fourth-order valence-electron chi connectivity index (χ4n) is 4.67. The van der Waals surface area contributed by atoms with Crippen LogP contribution in [0.5, 0.6) is 0 Å². The van der Waals surface area contributed by atoms with E-state index < -0.39 is 47.4 Å². The molecule has 0 radical (unpaired) electrons. The highest BCUT2D eigenvalue weighted by Crippen LogP contribution is 2.18. The minimum absolute atomic E-state index is 0.0662. The molecular formula is C34H47N3O7. The molecule has 0 spiro atoms. The van der Waals surface area contributed by atoms with Crippen LogP contribution in [0.15, 0.2) is 54.6 Å². The molecule has 0 aromatic heterocycles.